The van der Waals surface area contributed by atoms with Gasteiger partial charge in [0.15, 0.2) is 0 Å². The van der Waals surface area contributed by atoms with E-state index in [-0.39, 0.29) is 0 Å². The summed E-state index contributed by atoms with van der Waals surface area (Å²) < 4.78 is 11.7. The van der Waals surface area contributed by atoms with E-state index in [2.05, 4.69) is 10.1 Å². The van der Waals surface area contributed by atoms with Crippen molar-refractivity contribution in [1.29, 1.82) is 0 Å². The number of aromatic nitrogens is 1. The second kappa shape index (κ2) is 11.8. The van der Waals surface area contributed by atoms with E-state index in [0.29, 0.717) is 25.6 Å². The molecule has 0 aliphatic rings. The van der Waals surface area contributed by atoms with Crippen molar-refractivity contribution >= 4 is 5.71 Å². The van der Waals surface area contributed by atoms with Gasteiger partial charge in [-0.2, -0.15) is 0 Å². The van der Waals surface area contributed by atoms with E-state index >= 15 is 0 Å². The number of nitrogens with two attached hydrogens (primary N) is 1. The molecule has 0 saturated carbocycles. The van der Waals surface area contributed by atoms with Crippen molar-refractivity contribution in [1.82, 2.24) is 4.98 Å². The van der Waals surface area contributed by atoms with Crippen molar-refractivity contribution in [3.63, 3.8) is 0 Å². The number of aryl methyl sites for hydroxylation is 1. The van der Waals surface area contributed by atoms with Crippen LogP contribution in [0, 0.1) is 6.92 Å². The Morgan fingerprint density at radius 1 is 0.912 bits per heavy atom. The van der Waals surface area contributed by atoms with Gasteiger partial charge in [0.25, 0.3) is 0 Å². The molecule has 6 heteroatoms. The molecule has 4 aromatic rings. The van der Waals surface area contributed by atoms with Crippen LogP contribution in [0.2, 0.25) is 0 Å². The fraction of sp³-hybridized carbons (Fsp3) is 0.214. The molecule has 0 bridgehead atoms. The van der Waals surface area contributed by atoms with Crippen LogP contribution in [-0.2, 0) is 18.1 Å². The summed E-state index contributed by atoms with van der Waals surface area (Å²) in [5.74, 6) is 2.11. The van der Waals surface area contributed by atoms with E-state index < -0.39 is 0 Å². The number of oxime groups is 1. The molecule has 0 radical (unpaired) electrons. The zero-order valence-electron chi connectivity index (χ0n) is 19.3. The normalized spacial score (nSPS) is 11.4. The number of hydrogen-bond acceptors (Lipinski definition) is 6. The molecule has 34 heavy (non-hydrogen) atoms. The summed E-state index contributed by atoms with van der Waals surface area (Å²) in [5, 5.41) is 4.37. The van der Waals surface area contributed by atoms with E-state index in [4.69, 9.17) is 19.7 Å². The third-order valence-electron chi connectivity index (χ3n) is 5.34. The Morgan fingerprint density at radius 3 is 2.32 bits per heavy atom. The molecule has 0 spiro atoms. The first-order valence-electron chi connectivity index (χ1n) is 11.4. The highest BCUT2D eigenvalue weighted by Crippen LogP contribution is 2.23. The van der Waals surface area contributed by atoms with E-state index in [0.717, 1.165) is 52.4 Å². The first kappa shape index (κ1) is 23.3. The maximum atomic E-state index is 5.92. The van der Waals surface area contributed by atoms with Gasteiger partial charge >= 0.3 is 0 Å². The van der Waals surface area contributed by atoms with E-state index in [1.807, 2.05) is 91.9 Å². The van der Waals surface area contributed by atoms with Crippen LogP contribution in [-0.4, -0.2) is 17.2 Å². The summed E-state index contributed by atoms with van der Waals surface area (Å²) in [6.45, 7) is 3.23. The lowest BCUT2D eigenvalue weighted by molar-refractivity contribution is 0.130. The Kier molecular flexibility index (Phi) is 8.08. The zero-order chi connectivity index (χ0) is 23.6. The molecular formula is C28H29N3O3. The van der Waals surface area contributed by atoms with Crippen LogP contribution in [0.3, 0.4) is 0 Å². The fourth-order valence-electron chi connectivity index (χ4n) is 3.43. The van der Waals surface area contributed by atoms with Crippen LogP contribution < -0.4 is 10.5 Å². The summed E-state index contributed by atoms with van der Waals surface area (Å²) in [5.41, 5.74) is 10.4. The highest BCUT2D eigenvalue weighted by atomic mass is 16.6. The van der Waals surface area contributed by atoms with Crippen LogP contribution in [0.25, 0.3) is 11.5 Å². The van der Waals surface area contributed by atoms with Crippen molar-refractivity contribution in [2.24, 2.45) is 10.9 Å². The molecule has 174 valence electrons. The smallest absolute Gasteiger partial charge is 0.226 e. The second-order valence-corrected chi connectivity index (χ2v) is 7.89. The maximum absolute atomic E-state index is 5.92. The van der Waals surface area contributed by atoms with E-state index in [9.17, 15) is 0 Å². The van der Waals surface area contributed by atoms with Crippen molar-refractivity contribution in [3.8, 4) is 17.2 Å². The lowest BCUT2D eigenvalue weighted by atomic mass is 10.1. The second-order valence-electron chi connectivity index (χ2n) is 7.89. The monoisotopic (exact) mass is 455 g/mol. The average Bonchev–Trinajstić information content (AvgIpc) is 3.27. The minimum Gasteiger partial charge on any atom is -0.487 e. The molecule has 0 aliphatic carbocycles. The van der Waals surface area contributed by atoms with Crippen molar-refractivity contribution < 1.29 is 14.0 Å². The Morgan fingerprint density at radius 2 is 1.62 bits per heavy atom. The summed E-state index contributed by atoms with van der Waals surface area (Å²) in [6.07, 6.45) is 1.64. The molecule has 0 fully saturated rings. The molecule has 1 aromatic heterocycles. The van der Waals surface area contributed by atoms with E-state index in [1.54, 1.807) is 0 Å². The number of rotatable bonds is 11. The van der Waals surface area contributed by atoms with Crippen molar-refractivity contribution in [3.05, 3.63) is 108 Å². The van der Waals surface area contributed by atoms with Gasteiger partial charge in [0, 0.05) is 5.56 Å². The molecule has 6 nitrogen and oxygen atoms in total. The van der Waals surface area contributed by atoms with Crippen molar-refractivity contribution in [2.75, 3.05) is 6.54 Å². The SMILES string of the molecule is Cc1oc(-c2ccccc2)nc1COc1ccc(CO/N=C(\CCCN)c2ccccc2)cc1. The molecular weight excluding hydrogens is 426 g/mol. The van der Waals surface area contributed by atoms with Gasteiger partial charge in [-0.25, -0.2) is 4.98 Å². The van der Waals surface area contributed by atoms with Crippen LogP contribution >= 0.6 is 0 Å². The summed E-state index contributed by atoms with van der Waals surface area (Å²) >= 11 is 0. The highest BCUT2D eigenvalue weighted by Gasteiger charge is 2.12. The van der Waals surface area contributed by atoms with Crippen molar-refractivity contribution in [2.45, 2.75) is 33.0 Å². The summed E-state index contributed by atoms with van der Waals surface area (Å²) in [7, 11) is 0. The molecule has 0 unspecified atom stereocenters. The summed E-state index contributed by atoms with van der Waals surface area (Å²) in [4.78, 5) is 10.2. The maximum Gasteiger partial charge on any atom is 0.226 e. The Labute approximate surface area is 200 Å². The molecule has 0 aliphatic heterocycles. The van der Waals surface area contributed by atoms with Gasteiger partial charge in [-0.3, -0.25) is 0 Å². The van der Waals surface area contributed by atoms with Gasteiger partial charge in [-0.05, 0) is 61.7 Å². The standard InChI is InChI=1S/C28H29N3O3/c1-21-27(30-28(34-21)24-11-6-3-7-12-24)20-32-25-16-14-22(15-17-25)19-33-31-26(13-8-18-29)23-9-4-2-5-10-23/h2-7,9-12,14-17H,8,13,18-20,29H2,1H3/b31-26+. The highest BCUT2D eigenvalue weighted by molar-refractivity contribution is 6.00. The minimum absolute atomic E-state index is 0.337. The Balaban J connectivity index is 1.32. The van der Waals surface area contributed by atoms with Crippen LogP contribution in [0.15, 0.2) is 94.5 Å². The van der Waals surface area contributed by atoms with Gasteiger partial charge in [-0.15, -0.1) is 0 Å². The lowest BCUT2D eigenvalue weighted by Gasteiger charge is -2.08. The van der Waals surface area contributed by atoms with Crippen LogP contribution in [0.4, 0.5) is 0 Å². The van der Waals surface area contributed by atoms with Gasteiger partial charge in [-0.1, -0.05) is 65.8 Å². The molecule has 4 rings (SSSR count). The predicted molar refractivity (Wildman–Crippen MR) is 134 cm³/mol. The molecule has 3 aromatic carbocycles. The van der Waals surface area contributed by atoms with E-state index in [1.165, 1.54) is 0 Å². The van der Waals surface area contributed by atoms with Crippen LogP contribution in [0.1, 0.15) is 35.4 Å². The first-order chi connectivity index (χ1) is 16.7. The lowest BCUT2D eigenvalue weighted by Crippen LogP contribution is -2.07. The van der Waals surface area contributed by atoms with Gasteiger partial charge in [0.2, 0.25) is 5.89 Å². The average molecular weight is 456 g/mol. The summed E-state index contributed by atoms with van der Waals surface area (Å²) in [6, 6.07) is 27.7. The fourth-order valence-corrected chi connectivity index (χ4v) is 3.43. The van der Waals surface area contributed by atoms with Gasteiger partial charge in [0.05, 0.1) is 5.71 Å². The number of hydrogen-bond donors (Lipinski definition) is 1. The Bertz CT molecular complexity index is 1190. The largest absolute Gasteiger partial charge is 0.487 e. The molecule has 0 amide bonds. The predicted octanol–water partition coefficient (Wildman–Crippen LogP) is 5.89. The van der Waals surface area contributed by atoms with Gasteiger partial charge in [0.1, 0.15) is 30.4 Å². The molecule has 0 saturated heterocycles. The number of benzene rings is 3. The van der Waals surface area contributed by atoms with Crippen LogP contribution in [0.5, 0.6) is 5.75 Å². The third kappa shape index (κ3) is 6.33. The number of nitrogens with zero attached hydrogens (tertiary/aromatic N) is 2. The number of ether oxygens (including phenoxy) is 1. The van der Waals surface area contributed by atoms with Gasteiger partial charge < -0.3 is 19.7 Å². The molecule has 0 atom stereocenters. The topological polar surface area (TPSA) is 82.9 Å². The molecule has 2 N–H and O–H groups in total. The minimum atomic E-state index is 0.337. The Hall–Kier alpha value is -3.90. The third-order valence-corrected chi connectivity index (χ3v) is 5.34. The first-order valence-corrected chi connectivity index (χ1v) is 11.4. The molecule has 1 heterocycles. The number of oxazole rings is 1. The quantitative estimate of drug-likeness (QED) is 0.225. The zero-order valence-corrected chi connectivity index (χ0v) is 19.3.